The first-order valence-electron chi connectivity index (χ1n) is 5.96. The first kappa shape index (κ1) is 20.4. The Kier molecular flexibility index (Phi) is 8.02. The Hall–Kier alpha value is -0.610. The smallest absolute Gasteiger partial charge is 0.222 e. The third-order valence-electron chi connectivity index (χ3n) is 2.44. The molecule has 0 spiro atoms. The molecule has 1 rings (SSSR count). The second-order valence-electron chi connectivity index (χ2n) is 4.09. The predicted octanol–water partition coefficient (Wildman–Crippen LogP) is 4.06. The van der Waals surface area contributed by atoms with Gasteiger partial charge in [0.25, 0.3) is 0 Å². The summed E-state index contributed by atoms with van der Waals surface area (Å²) >= 11 is 16.4. The van der Waals surface area contributed by atoms with E-state index in [1.807, 2.05) is 0 Å². The van der Waals surface area contributed by atoms with Crippen molar-refractivity contribution in [2.24, 2.45) is 5.10 Å². The summed E-state index contributed by atoms with van der Waals surface area (Å²) in [5.74, 6) is 0.234. The third-order valence-corrected chi connectivity index (χ3v) is 5.23. The minimum Gasteiger partial charge on any atom is -0.471 e. The summed E-state index contributed by atoms with van der Waals surface area (Å²) in [6.07, 6.45) is 0.0589. The van der Waals surface area contributed by atoms with Crippen LogP contribution in [0.15, 0.2) is 29.4 Å². The lowest BCUT2D eigenvalue weighted by molar-refractivity contribution is -0.363. The molecule has 23 heavy (non-hydrogen) atoms. The quantitative estimate of drug-likeness (QED) is 0.229. The van der Waals surface area contributed by atoms with Crippen molar-refractivity contribution >= 4 is 45.4 Å². The van der Waals surface area contributed by atoms with Gasteiger partial charge in [0.15, 0.2) is 6.23 Å². The van der Waals surface area contributed by atoms with Crippen LogP contribution in [0.1, 0.15) is 12.5 Å². The second-order valence-corrected chi connectivity index (χ2v) is 11.8. The number of nitrogens with zero attached hydrogens (tertiary/aromatic N) is 4. The number of halogens is 5. The zero-order valence-corrected chi connectivity index (χ0v) is 15.1. The van der Waals surface area contributed by atoms with Gasteiger partial charge in [-0.1, -0.05) is 4.48 Å². The summed E-state index contributed by atoms with van der Waals surface area (Å²) in [6.45, 7) is 1.18. The van der Waals surface area contributed by atoms with Crippen LogP contribution >= 0.6 is 27.4 Å². The van der Waals surface area contributed by atoms with Gasteiger partial charge >= 0.3 is 0 Å². The normalized spacial score (nSPS) is 13.8. The molecule has 0 aliphatic heterocycles. The molecule has 0 bridgehead atoms. The van der Waals surface area contributed by atoms with Crippen molar-refractivity contribution in [2.45, 2.75) is 13.2 Å². The molecule has 1 aromatic rings. The standard InChI is InChI=1S/C10H13Cl2F3N5OPS/c1-8(19(14)20(15)17-13)21-10-5-3-9(4-6-10)7-16-18(2)22(11,12)23/h3-8,17H,1-2H3. The van der Waals surface area contributed by atoms with Gasteiger partial charge in [0.1, 0.15) is 5.75 Å². The van der Waals surface area contributed by atoms with Crippen molar-refractivity contribution < 1.29 is 18.2 Å². The topological polar surface area (TPSA) is 43.3 Å². The molecule has 1 N–H and O–H groups in total. The monoisotopic (exact) mass is 409 g/mol. The lowest BCUT2D eigenvalue weighted by atomic mass is 10.2. The first-order valence-corrected chi connectivity index (χ1v) is 10.5. The number of hydrazone groups is 1. The molecule has 0 saturated carbocycles. The van der Waals surface area contributed by atoms with Crippen molar-refractivity contribution in [2.75, 3.05) is 7.05 Å². The highest BCUT2D eigenvalue weighted by atomic mass is 35.9. The van der Waals surface area contributed by atoms with Crippen molar-refractivity contribution in [3.63, 3.8) is 0 Å². The van der Waals surface area contributed by atoms with Crippen LogP contribution in [0.4, 0.5) is 13.4 Å². The lowest BCUT2D eigenvalue weighted by Crippen LogP contribution is -2.44. The Labute approximate surface area is 145 Å². The van der Waals surface area contributed by atoms with E-state index < -0.39 is 21.7 Å². The van der Waals surface area contributed by atoms with E-state index in [1.54, 1.807) is 19.2 Å². The molecule has 0 radical (unpaired) electrons. The zero-order chi connectivity index (χ0) is 17.6. The van der Waals surface area contributed by atoms with E-state index in [9.17, 15) is 13.4 Å². The number of nitrogens with one attached hydrogen (secondary N) is 1. The number of ether oxygens (including phenoxy) is 1. The molecule has 0 fully saturated rings. The fourth-order valence-corrected chi connectivity index (χ4v) is 1.79. The van der Waals surface area contributed by atoms with Crippen LogP contribution in [-0.2, 0) is 11.8 Å². The van der Waals surface area contributed by atoms with Crippen LogP contribution in [0.25, 0.3) is 0 Å². The number of hydrogen-bond donors (Lipinski definition) is 1. The van der Waals surface area contributed by atoms with Gasteiger partial charge in [-0.3, -0.25) is 0 Å². The van der Waals surface area contributed by atoms with Gasteiger partial charge in [-0.2, -0.15) is 5.10 Å². The Morgan fingerprint density at radius 2 is 1.91 bits per heavy atom. The van der Waals surface area contributed by atoms with Crippen LogP contribution in [0.2, 0.25) is 0 Å². The molecule has 130 valence electrons. The number of hydrogen-bond acceptors (Lipinski definition) is 6. The average molecular weight is 410 g/mol. The fourth-order valence-electron chi connectivity index (χ4n) is 1.26. The maximum absolute atomic E-state index is 13.2. The van der Waals surface area contributed by atoms with E-state index in [0.29, 0.717) is 11.2 Å². The van der Waals surface area contributed by atoms with Crippen LogP contribution < -0.4 is 10.4 Å². The van der Waals surface area contributed by atoms with Crippen molar-refractivity contribution in [3.8, 4) is 5.75 Å². The van der Waals surface area contributed by atoms with Gasteiger partial charge in [-0.25, -0.2) is 4.78 Å². The number of benzene rings is 1. The van der Waals surface area contributed by atoms with Crippen molar-refractivity contribution in [1.82, 2.24) is 21.0 Å². The molecule has 0 amide bonds. The highest BCUT2D eigenvalue weighted by Crippen LogP contribution is 2.59. The van der Waals surface area contributed by atoms with Crippen molar-refractivity contribution in [3.05, 3.63) is 29.8 Å². The maximum Gasteiger partial charge on any atom is 0.222 e. The fraction of sp³-hybridized carbons (Fsp3) is 0.300. The molecule has 1 aromatic carbocycles. The Balaban J connectivity index is 2.67. The summed E-state index contributed by atoms with van der Waals surface area (Å²) in [7, 11) is 1.55. The van der Waals surface area contributed by atoms with Gasteiger partial charge in [-0.05, 0) is 76.7 Å². The molecule has 1 unspecified atom stereocenters. The first-order chi connectivity index (χ1) is 10.6. The Bertz CT molecular complexity index is 578. The minimum absolute atomic E-state index is 0.234. The third kappa shape index (κ3) is 6.80. The van der Waals surface area contributed by atoms with Gasteiger partial charge < -0.3 is 4.74 Å². The SMILES string of the molecule is CC(Oc1ccc(C=NN(C)P(=S)(Cl)Cl)cc1)N(F)N(F)NF. The molecule has 0 aliphatic carbocycles. The predicted molar refractivity (Wildman–Crippen MR) is 88.0 cm³/mol. The van der Waals surface area contributed by atoms with Crippen LogP contribution in [0.5, 0.6) is 5.75 Å². The van der Waals surface area contributed by atoms with Crippen LogP contribution in [-0.4, -0.2) is 34.8 Å². The average Bonchev–Trinajstić information content (AvgIpc) is 2.51. The summed E-state index contributed by atoms with van der Waals surface area (Å²) in [4.78, 5) is -2.68. The molecular formula is C10H13Cl2F3N5OPS. The number of rotatable bonds is 8. The number of hydrazine groups is 2. The molecular weight excluding hydrogens is 397 g/mol. The molecule has 6 nitrogen and oxygen atoms in total. The van der Waals surface area contributed by atoms with E-state index in [1.165, 1.54) is 30.1 Å². The van der Waals surface area contributed by atoms with E-state index in [-0.39, 0.29) is 5.75 Å². The summed E-state index contributed by atoms with van der Waals surface area (Å²) in [6, 6.07) is 6.20. The Morgan fingerprint density at radius 3 is 2.39 bits per heavy atom. The van der Waals surface area contributed by atoms with Crippen LogP contribution in [0, 0.1) is 0 Å². The molecule has 1 atom stereocenters. The molecule has 0 aromatic heterocycles. The van der Waals surface area contributed by atoms with E-state index in [4.69, 9.17) is 39.0 Å². The summed E-state index contributed by atoms with van der Waals surface area (Å²) in [5, 5.41) is 2.38. The molecule has 0 heterocycles. The van der Waals surface area contributed by atoms with Gasteiger partial charge in [-0.15, -0.1) is 8.96 Å². The van der Waals surface area contributed by atoms with E-state index in [0.717, 1.165) is 0 Å². The zero-order valence-electron chi connectivity index (χ0n) is 11.9. The van der Waals surface area contributed by atoms with Gasteiger partial charge in [0.05, 0.1) is 11.6 Å². The highest BCUT2D eigenvalue weighted by Gasteiger charge is 2.23. The van der Waals surface area contributed by atoms with E-state index >= 15 is 0 Å². The molecule has 0 aliphatic rings. The molecule has 13 heteroatoms. The Morgan fingerprint density at radius 1 is 1.35 bits per heavy atom. The van der Waals surface area contributed by atoms with Gasteiger partial charge in [0, 0.05) is 12.3 Å². The van der Waals surface area contributed by atoms with Crippen LogP contribution in [0.3, 0.4) is 0 Å². The maximum atomic E-state index is 13.2. The largest absolute Gasteiger partial charge is 0.471 e. The molecule has 0 saturated heterocycles. The lowest BCUT2D eigenvalue weighted by Gasteiger charge is -2.22. The van der Waals surface area contributed by atoms with Crippen molar-refractivity contribution in [1.29, 1.82) is 0 Å². The van der Waals surface area contributed by atoms with E-state index in [2.05, 4.69) is 5.10 Å². The van der Waals surface area contributed by atoms with Gasteiger partial charge in [0.2, 0.25) is 4.89 Å². The summed E-state index contributed by atoms with van der Waals surface area (Å²) < 4.78 is 43.9. The minimum atomic E-state index is -2.68. The highest BCUT2D eigenvalue weighted by molar-refractivity contribution is 8.37. The second kappa shape index (κ2) is 9.03. The summed E-state index contributed by atoms with van der Waals surface area (Å²) in [5.41, 5.74) is 1.14.